The number of benzene rings is 2. The number of hydrogen-bond acceptors (Lipinski definition) is 2. The van der Waals surface area contributed by atoms with Gasteiger partial charge in [0.05, 0.1) is 6.61 Å². The van der Waals surface area contributed by atoms with Gasteiger partial charge < -0.3 is 9.64 Å². The minimum Gasteiger partial charge on any atom is -0.493 e. The minimum atomic E-state index is 0.749. The van der Waals surface area contributed by atoms with Gasteiger partial charge in [0.1, 0.15) is 5.75 Å². The first kappa shape index (κ1) is 14.2. The number of rotatable bonds is 6. The molecule has 0 fully saturated rings. The van der Waals surface area contributed by atoms with E-state index in [1.54, 1.807) is 0 Å². The summed E-state index contributed by atoms with van der Waals surface area (Å²) in [5.74, 6) is 0.921. The molecule has 2 aromatic rings. The monoisotopic (exact) mass is 277 g/mol. The van der Waals surface area contributed by atoms with Crippen molar-refractivity contribution in [1.29, 1.82) is 0 Å². The van der Waals surface area contributed by atoms with Crippen LogP contribution in [0, 0.1) is 0 Å². The molecule has 0 spiro atoms. The van der Waals surface area contributed by atoms with Gasteiger partial charge in [-0.25, -0.2) is 0 Å². The zero-order valence-corrected chi connectivity index (χ0v) is 12.3. The summed E-state index contributed by atoms with van der Waals surface area (Å²) in [7, 11) is 4.18. The van der Waals surface area contributed by atoms with Gasteiger partial charge in [-0.2, -0.15) is 0 Å². The summed E-state index contributed by atoms with van der Waals surface area (Å²) in [6.45, 7) is 1.85. The van der Waals surface area contributed by atoms with Gasteiger partial charge in [0, 0.05) is 15.8 Å². The molecule has 3 heteroatoms. The molecule has 0 amide bonds. The van der Waals surface area contributed by atoms with Crippen LogP contribution in [0.4, 0.5) is 0 Å². The van der Waals surface area contributed by atoms with Gasteiger partial charge in [-0.3, -0.25) is 0 Å². The van der Waals surface area contributed by atoms with Crippen molar-refractivity contribution < 1.29 is 4.74 Å². The Hall–Kier alpha value is -1.25. The maximum Gasteiger partial charge on any atom is 0.127 e. The summed E-state index contributed by atoms with van der Waals surface area (Å²) in [6.07, 6.45) is 2.22. The smallest absolute Gasteiger partial charge is 0.127 e. The lowest BCUT2D eigenvalue weighted by atomic mass is 10.1. The molecule has 0 aliphatic heterocycles. The van der Waals surface area contributed by atoms with E-state index in [-0.39, 0.29) is 0 Å². The highest BCUT2D eigenvalue weighted by Crippen LogP contribution is 2.31. The van der Waals surface area contributed by atoms with Crippen molar-refractivity contribution in [3.63, 3.8) is 0 Å². The molecule has 0 unspecified atom stereocenters. The number of unbranched alkanes of at least 4 members (excludes halogenated alkanes) is 1. The van der Waals surface area contributed by atoms with Gasteiger partial charge in [0.2, 0.25) is 0 Å². The van der Waals surface area contributed by atoms with Crippen LogP contribution in [0.2, 0.25) is 5.02 Å². The number of nitrogens with zero attached hydrogens (tertiary/aromatic N) is 1. The zero-order valence-electron chi connectivity index (χ0n) is 11.5. The van der Waals surface area contributed by atoms with Crippen LogP contribution in [0.1, 0.15) is 12.8 Å². The van der Waals surface area contributed by atoms with E-state index < -0.39 is 0 Å². The van der Waals surface area contributed by atoms with Crippen molar-refractivity contribution in [2.24, 2.45) is 0 Å². The fourth-order valence-electron chi connectivity index (χ4n) is 2.07. The van der Waals surface area contributed by atoms with Crippen LogP contribution in [-0.2, 0) is 0 Å². The largest absolute Gasteiger partial charge is 0.493 e. The van der Waals surface area contributed by atoms with Crippen LogP contribution >= 0.6 is 11.6 Å². The first-order valence-electron chi connectivity index (χ1n) is 6.63. The van der Waals surface area contributed by atoms with E-state index in [1.807, 2.05) is 30.3 Å². The highest BCUT2D eigenvalue weighted by Gasteiger charge is 2.04. The summed E-state index contributed by atoms with van der Waals surface area (Å²) in [5, 5.41) is 2.91. The Balaban J connectivity index is 1.99. The van der Waals surface area contributed by atoms with Crippen molar-refractivity contribution in [1.82, 2.24) is 4.90 Å². The Morgan fingerprint density at radius 2 is 1.74 bits per heavy atom. The van der Waals surface area contributed by atoms with Crippen LogP contribution < -0.4 is 4.74 Å². The molecule has 0 heterocycles. The quantitative estimate of drug-likeness (QED) is 0.733. The first-order valence-corrected chi connectivity index (χ1v) is 7.01. The lowest BCUT2D eigenvalue weighted by molar-refractivity contribution is 0.296. The molecular formula is C16H20ClNO. The molecule has 2 aromatic carbocycles. The van der Waals surface area contributed by atoms with Crippen LogP contribution in [0.5, 0.6) is 5.75 Å². The third-order valence-corrected chi connectivity index (χ3v) is 3.42. The predicted molar refractivity (Wildman–Crippen MR) is 82.2 cm³/mol. The molecule has 2 nitrogen and oxygen atoms in total. The van der Waals surface area contributed by atoms with Gasteiger partial charge >= 0.3 is 0 Å². The maximum absolute atomic E-state index is 6.19. The number of halogens is 1. The molecule has 19 heavy (non-hydrogen) atoms. The van der Waals surface area contributed by atoms with Gasteiger partial charge in [-0.05, 0) is 45.6 Å². The topological polar surface area (TPSA) is 12.5 Å². The predicted octanol–water partition coefficient (Wildman–Crippen LogP) is 4.21. The number of ether oxygens (including phenoxy) is 1. The Kier molecular flexibility index (Phi) is 5.06. The summed E-state index contributed by atoms with van der Waals surface area (Å²) in [6, 6.07) is 11.9. The molecule has 0 saturated heterocycles. The van der Waals surface area contributed by atoms with Gasteiger partial charge in [0.15, 0.2) is 0 Å². The van der Waals surface area contributed by atoms with Crippen molar-refractivity contribution in [2.45, 2.75) is 12.8 Å². The fraction of sp³-hybridized carbons (Fsp3) is 0.375. The van der Waals surface area contributed by atoms with Crippen molar-refractivity contribution in [3.05, 3.63) is 41.4 Å². The molecule has 0 aliphatic carbocycles. The number of hydrogen-bond donors (Lipinski definition) is 0. The Bertz CT molecular complexity index is 539. The van der Waals surface area contributed by atoms with Crippen LogP contribution in [0.25, 0.3) is 10.8 Å². The van der Waals surface area contributed by atoms with E-state index in [4.69, 9.17) is 16.3 Å². The lowest BCUT2D eigenvalue weighted by Gasteiger charge is -2.12. The lowest BCUT2D eigenvalue weighted by Crippen LogP contribution is -2.13. The van der Waals surface area contributed by atoms with Gasteiger partial charge in [0.25, 0.3) is 0 Å². The molecule has 0 radical (unpaired) electrons. The second-order valence-electron chi connectivity index (χ2n) is 4.95. The standard InChI is InChI=1S/C16H20ClNO/c1-18(2)11-5-6-12-19-16-10-9-15(17)13-7-3-4-8-14(13)16/h3-4,7-10H,5-6,11-12H2,1-2H3. The molecule has 102 valence electrons. The van der Waals surface area contributed by atoms with Gasteiger partial charge in [-0.1, -0.05) is 35.9 Å². The fourth-order valence-corrected chi connectivity index (χ4v) is 2.30. The summed E-state index contributed by atoms with van der Waals surface area (Å²) >= 11 is 6.19. The second-order valence-corrected chi connectivity index (χ2v) is 5.36. The van der Waals surface area contributed by atoms with E-state index in [0.29, 0.717) is 0 Å². The van der Waals surface area contributed by atoms with Crippen LogP contribution in [0.3, 0.4) is 0 Å². The summed E-state index contributed by atoms with van der Waals surface area (Å²) < 4.78 is 5.88. The van der Waals surface area contributed by atoms with E-state index in [1.165, 1.54) is 0 Å². The average Bonchev–Trinajstić information content (AvgIpc) is 2.41. The van der Waals surface area contributed by atoms with E-state index in [0.717, 1.165) is 47.5 Å². The summed E-state index contributed by atoms with van der Waals surface area (Å²) in [4.78, 5) is 2.19. The van der Waals surface area contributed by atoms with E-state index in [9.17, 15) is 0 Å². The Labute approximate surface area is 119 Å². The second kappa shape index (κ2) is 6.78. The highest BCUT2D eigenvalue weighted by atomic mass is 35.5. The molecule has 0 aliphatic rings. The maximum atomic E-state index is 6.19. The molecule has 0 atom stereocenters. The van der Waals surface area contributed by atoms with E-state index in [2.05, 4.69) is 25.1 Å². The Morgan fingerprint density at radius 1 is 1.00 bits per heavy atom. The van der Waals surface area contributed by atoms with Crippen LogP contribution in [0.15, 0.2) is 36.4 Å². The third kappa shape index (κ3) is 3.85. The normalized spacial score (nSPS) is 11.2. The molecular weight excluding hydrogens is 258 g/mol. The highest BCUT2D eigenvalue weighted by molar-refractivity contribution is 6.35. The van der Waals surface area contributed by atoms with E-state index >= 15 is 0 Å². The van der Waals surface area contributed by atoms with Gasteiger partial charge in [-0.15, -0.1) is 0 Å². The average molecular weight is 278 g/mol. The SMILES string of the molecule is CN(C)CCCCOc1ccc(Cl)c2ccccc12. The molecule has 0 saturated carbocycles. The first-order chi connectivity index (χ1) is 9.18. The minimum absolute atomic E-state index is 0.749. The van der Waals surface area contributed by atoms with Crippen molar-refractivity contribution in [3.8, 4) is 5.75 Å². The zero-order chi connectivity index (χ0) is 13.7. The number of fused-ring (bicyclic) bond motifs is 1. The Morgan fingerprint density at radius 3 is 2.47 bits per heavy atom. The summed E-state index contributed by atoms with van der Waals surface area (Å²) in [5.41, 5.74) is 0. The van der Waals surface area contributed by atoms with Crippen molar-refractivity contribution in [2.75, 3.05) is 27.2 Å². The molecule has 2 rings (SSSR count). The third-order valence-electron chi connectivity index (χ3n) is 3.09. The molecule has 0 N–H and O–H groups in total. The van der Waals surface area contributed by atoms with Crippen molar-refractivity contribution >= 4 is 22.4 Å². The van der Waals surface area contributed by atoms with Crippen LogP contribution in [-0.4, -0.2) is 32.1 Å². The molecule has 0 bridgehead atoms. The molecule has 0 aromatic heterocycles.